The van der Waals surface area contributed by atoms with Crippen LogP contribution in [0.5, 0.6) is 0 Å². The Hall–Kier alpha value is -2.34. The van der Waals surface area contributed by atoms with Crippen LogP contribution in [0.4, 0.5) is 5.82 Å². The number of ketones is 1. The number of aromatic amines is 1. The van der Waals surface area contributed by atoms with Crippen LogP contribution < -0.4 is 10.9 Å². The summed E-state index contributed by atoms with van der Waals surface area (Å²) in [5, 5.41) is 4.32. The third-order valence-corrected chi connectivity index (χ3v) is 6.69. The van der Waals surface area contributed by atoms with E-state index >= 15 is 0 Å². The summed E-state index contributed by atoms with van der Waals surface area (Å²) in [6, 6.07) is 8.09. The van der Waals surface area contributed by atoms with Crippen LogP contribution in [0.3, 0.4) is 0 Å². The van der Waals surface area contributed by atoms with Gasteiger partial charge < -0.3 is 10.3 Å². The maximum Gasteiger partial charge on any atom is 0.257 e. The van der Waals surface area contributed by atoms with Crippen molar-refractivity contribution in [3.8, 4) is 0 Å². The topological polar surface area (TPSA) is 74.8 Å². The average molecular weight is 396 g/mol. The molecule has 2 aromatic rings. The molecule has 0 spiro atoms. The Labute approximate surface area is 169 Å². The number of hydrogen-bond donors (Lipinski definition) is 2. The van der Waals surface area contributed by atoms with Crippen LogP contribution in [0.25, 0.3) is 0 Å². The Balaban J connectivity index is 1.88. The van der Waals surface area contributed by atoms with E-state index in [1.165, 1.54) is 0 Å². The van der Waals surface area contributed by atoms with Crippen molar-refractivity contribution in [3.63, 3.8) is 0 Å². The van der Waals surface area contributed by atoms with Crippen LogP contribution >= 0.6 is 11.8 Å². The molecule has 4 rings (SSSR count). The standard InChI is InChI=1S/C22H25N3O2S/c1-4-13(3)28-22-24-20-19(21(27)25-22)17(14-10-8-12(2)9-11-14)18-15(23-20)6-5-7-16(18)26/h8-11,13,17H,4-7H2,1-3H3,(H2,23,24,25,27)/t13-,17-/m1/s1. The van der Waals surface area contributed by atoms with Gasteiger partial charge in [-0.2, -0.15) is 0 Å². The lowest BCUT2D eigenvalue weighted by Crippen LogP contribution is -2.32. The van der Waals surface area contributed by atoms with Crippen molar-refractivity contribution < 1.29 is 4.79 Å². The second-order valence-corrected chi connectivity index (χ2v) is 9.03. The summed E-state index contributed by atoms with van der Waals surface area (Å²) in [4.78, 5) is 33.6. The third-order valence-electron chi connectivity index (χ3n) is 5.53. The van der Waals surface area contributed by atoms with Gasteiger partial charge in [-0.15, -0.1) is 0 Å². The molecule has 2 aliphatic rings. The first-order valence-electron chi connectivity index (χ1n) is 9.88. The lowest BCUT2D eigenvalue weighted by atomic mass is 9.76. The first-order valence-corrected chi connectivity index (χ1v) is 10.8. The zero-order valence-electron chi connectivity index (χ0n) is 16.5. The van der Waals surface area contributed by atoms with Gasteiger partial charge in [-0.25, -0.2) is 4.98 Å². The highest BCUT2D eigenvalue weighted by atomic mass is 32.2. The molecule has 0 radical (unpaired) electrons. The largest absolute Gasteiger partial charge is 0.343 e. The zero-order valence-corrected chi connectivity index (χ0v) is 17.3. The van der Waals surface area contributed by atoms with Gasteiger partial charge in [0, 0.05) is 28.9 Å². The molecule has 146 valence electrons. The molecule has 0 amide bonds. The Bertz CT molecular complexity index is 1010. The highest BCUT2D eigenvalue weighted by molar-refractivity contribution is 7.99. The second kappa shape index (κ2) is 7.59. The lowest BCUT2D eigenvalue weighted by Gasteiger charge is -2.32. The number of thioether (sulfide) groups is 1. The number of nitrogens with zero attached hydrogens (tertiary/aromatic N) is 1. The molecule has 28 heavy (non-hydrogen) atoms. The minimum Gasteiger partial charge on any atom is -0.343 e. The number of fused-ring (bicyclic) bond motifs is 1. The van der Waals surface area contributed by atoms with Crippen molar-refractivity contribution in [3.05, 3.63) is 62.6 Å². The number of nitrogens with one attached hydrogen (secondary N) is 2. The summed E-state index contributed by atoms with van der Waals surface area (Å²) >= 11 is 1.57. The van der Waals surface area contributed by atoms with E-state index in [-0.39, 0.29) is 17.3 Å². The van der Waals surface area contributed by atoms with Gasteiger partial charge in [0.2, 0.25) is 0 Å². The Morgan fingerprint density at radius 1 is 1.21 bits per heavy atom. The second-order valence-electron chi connectivity index (χ2n) is 7.61. The normalized spacial score (nSPS) is 19.7. The number of allylic oxidation sites excluding steroid dienone is 2. The third kappa shape index (κ3) is 3.41. The number of carbonyl (C=O) groups excluding carboxylic acids is 1. The van der Waals surface area contributed by atoms with Gasteiger partial charge in [-0.3, -0.25) is 9.59 Å². The monoisotopic (exact) mass is 395 g/mol. The maximum absolute atomic E-state index is 13.1. The number of carbonyl (C=O) groups is 1. The summed E-state index contributed by atoms with van der Waals surface area (Å²) < 4.78 is 0. The quantitative estimate of drug-likeness (QED) is 0.587. The number of anilines is 1. The summed E-state index contributed by atoms with van der Waals surface area (Å²) in [5.74, 6) is 0.356. The fraction of sp³-hybridized carbons (Fsp3) is 0.409. The number of aromatic nitrogens is 2. The molecule has 5 nitrogen and oxygen atoms in total. The summed E-state index contributed by atoms with van der Waals surface area (Å²) in [5.41, 5.74) is 4.15. The van der Waals surface area contributed by atoms with E-state index in [4.69, 9.17) is 4.98 Å². The number of rotatable bonds is 4. The van der Waals surface area contributed by atoms with Crippen LogP contribution in [0.1, 0.15) is 62.1 Å². The molecule has 2 atom stereocenters. The number of H-pyrrole nitrogens is 1. The molecule has 0 fully saturated rings. The molecule has 1 aromatic heterocycles. The van der Waals surface area contributed by atoms with Gasteiger partial charge >= 0.3 is 0 Å². The van der Waals surface area contributed by atoms with Crippen molar-refractivity contribution in [1.82, 2.24) is 9.97 Å². The van der Waals surface area contributed by atoms with Crippen LogP contribution in [-0.4, -0.2) is 21.0 Å². The van der Waals surface area contributed by atoms with Gasteiger partial charge in [0.15, 0.2) is 10.9 Å². The van der Waals surface area contributed by atoms with Crippen LogP contribution in [0.2, 0.25) is 0 Å². The van der Waals surface area contributed by atoms with E-state index in [1.54, 1.807) is 11.8 Å². The van der Waals surface area contributed by atoms with E-state index in [9.17, 15) is 9.59 Å². The van der Waals surface area contributed by atoms with Crippen molar-refractivity contribution in [1.29, 1.82) is 0 Å². The van der Waals surface area contributed by atoms with Crippen LogP contribution in [-0.2, 0) is 4.79 Å². The molecular formula is C22H25N3O2S. The molecule has 6 heteroatoms. The lowest BCUT2D eigenvalue weighted by molar-refractivity contribution is -0.116. The summed E-state index contributed by atoms with van der Waals surface area (Å²) in [7, 11) is 0. The van der Waals surface area contributed by atoms with Crippen LogP contribution in [0, 0.1) is 6.92 Å². The molecule has 0 bridgehead atoms. The Morgan fingerprint density at radius 2 is 1.96 bits per heavy atom. The first kappa shape index (κ1) is 19.0. The van der Waals surface area contributed by atoms with Crippen molar-refractivity contribution in [2.75, 3.05) is 5.32 Å². The number of Topliss-reactive ketones (excluding diaryl/α,β-unsaturated/α-hetero) is 1. The molecule has 2 N–H and O–H groups in total. The number of hydrogen-bond acceptors (Lipinski definition) is 5. The fourth-order valence-corrected chi connectivity index (χ4v) is 4.71. The SMILES string of the molecule is CC[C@@H](C)Sc1nc2c(c(=O)[nH]1)[C@H](c1ccc(C)cc1)C1=C(CCCC1=O)N2. The van der Waals surface area contributed by atoms with Crippen molar-refractivity contribution in [2.24, 2.45) is 0 Å². The van der Waals surface area contributed by atoms with Gasteiger partial charge in [-0.1, -0.05) is 55.4 Å². The van der Waals surface area contributed by atoms with E-state index in [1.807, 2.05) is 31.2 Å². The molecule has 1 aromatic carbocycles. The Morgan fingerprint density at radius 3 is 2.68 bits per heavy atom. The van der Waals surface area contributed by atoms with Crippen molar-refractivity contribution in [2.45, 2.75) is 62.8 Å². The maximum atomic E-state index is 13.1. The number of aryl methyl sites for hydroxylation is 1. The molecule has 0 unspecified atom stereocenters. The molecule has 0 saturated heterocycles. The van der Waals surface area contributed by atoms with E-state index in [0.29, 0.717) is 28.2 Å². The fourth-order valence-electron chi connectivity index (χ4n) is 3.86. The minimum absolute atomic E-state index is 0.127. The van der Waals surface area contributed by atoms with Gasteiger partial charge in [-0.05, 0) is 31.7 Å². The Kier molecular flexibility index (Phi) is 5.15. The molecular weight excluding hydrogens is 370 g/mol. The van der Waals surface area contributed by atoms with Crippen LogP contribution in [0.15, 0.2) is 45.5 Å². The highest BCUT2D eigenvalue weighted by Crippen LogP contribution is 2.43. The van der Waals surface area contributed by atoms with E-state index < -0.39 is 0 Å². The van der Waals surface area contributed by atoms with Gasteiger partial charge in [0.1, 0.15) is 5.82 Å². The van der Waals surface area contributed by atoms with E-state index in [0.717, 1.165) is 41.7 Å². The minimum atomic E-state index is -0.362. The predicted molar refractivity (Wildman–Crippen MR) is 113 cm³/mol. The van der Waals surface area contributed by atoms with Gasteiger partial charge in [0.25, 0.3) is 5.56 Å². The molecule has 2 heterocycles. The number of benzene rings is 1. The predicted octanol–water partition coefficient (Wildman–Crippen LogP) is 4.53. The molecule has 1 aliphatic carbocycles. The molecule has 1 aliphatic heterocycles. The van der Waals surface area contributed by atoms with Gasteiger partial charge in [0.05, 0.1) is 5.56 Å². The zero-order chi connectivity index (χ0) is 19.8. The average Bonchev–Trinajstić information content (AvgIpc) is 2.67. The van der Waals surface area contributed by atoms with E-state index in [2.05, 4.69) is 24.1 Å². The summed E-state index contributed by atoms with van der Waals surface area (Å²) in [6.45, 7) is 6.26. The van der Waals surface area contributed by atoms with Crippen molar-refractivity contribution >= 4 is 23.4 Å². The molecule has 0 saturated carbocycles. The smallest absolute Gasteiger partial charge is 0.257 e. The summed E-state index contributed by atoms with van der Waals surface area (Å²) in [6.07, 6.45) is 3.17. The highest BCUT2D eigenvalue weighted by Gasteiger charge is 2.37. The first-order chi connectivity index (χ1) is 13.5.